The molecule has 1 aliphatic carbocycles. The summed E-state index contributed by atoms with van der Waals surface area (Å²) in [4.78, 5) is 0. The number of hydrogen-bond donors (Lipinski definition) is 2. The first-order valence-corrected chi connectivity index (χ1v) is 6.54. The quantitative estimate of drug-likeness (QED) is 0.788. The fraction of sp³-hybridized carbons (Fsp3) is 0.429. The van der Waals surface area contributed by atoms with E-state index < -0.39 is 0 Å². The zero-order chi connectivity index (χ0) is 12.4. The normalized spacial score (nSPS) is 14.9. The van der Waals surface area contributed by atoms with Crippen molar-refractivity contribution in [2.75, 3.05) is 18.4 Å². The van der Waals surface area contributed by atoms with Crippen molar-refractivity contribution in [3.8, 4) is 0 Å². The maximum Gasteiger partial charge on any atom is 0.156 e. The van der Waals surface area contributed by atoms with Crippen LogP contribution >= 0.6 is 0 Å². The Morgan fingerprint density at radius 1 is 1.11 bits per heavy atom. The molecule has 0 amide bonds. The van der Waals surface area contributed by atoms with Gasteiger partial charge in [0.05, 0.1) is 5.69 Å². The molecule has 4 heteroatoms. The van der Waals surface area contributed by atoms with Crippen LogP contribution in [0.25, 0.3) is 10.8 Å². The molecule has 0 atom stereocenters. The lowest BCUT2D eigenvalue weighted by Gasteiger charge is -2.09. The van der Waals surface area contributed by atoms with Crippen LogP contribution < -0.4 is 10.6 Å². The molecule has 3 rings (SSSR count). The Balaban J connectivity index is 1.72. The monoisotopic (exact) mass is 242 g/mol. The molecule has 0 bridgehead atoms. The number of nitrogens with zero attached hydrogens (tertiary/aromatic N) is 2. The van der Waals surface area contributed by atoms with Gasteiger partial charge in [-0.1, -0.05) is 24.3 Å². The van der Waals surface area contributed by atoms with Gasteiger partial charge in [-0.25, -0.2) is 0 Å². The fourth-order valence-electron chi connectivity index (χ4n) is 2.11. The first-order valence-electron chi connectivity index (χ1n) is 6.54. The minimum atomic E-state index is 0.757. The molecule has 1 aliphatic rings. The molecular formula is C14H18N4. The van der Waals surface area contributed by atoms with Gasteiger partial charge in [-0.2, -0.15) is 5.10 Å². The average molecular weight is 242 g/mol. The number of nitrogens with one attached hydrogen (secondary N) is 2. The molecular weight excluding hydrogens is 224 g/mol. The zero-order valence-electron chi connectivity index (χ0n) is 10.6. The highest BCUT2D eigenvalue weighted by Crippen LogP contribution is 2.22. The Bertz CT molecular complexity index is 548. The summed E-state index contributed by atoms with van der Waals surface area (Å²) >= 11 is 0. The smallest absolute Gasteiger partial charge is 0.156 e. The number of aryl methyl sites for hydroxylation is 1. The molecule has 0 spiro atoms. The Morgan fingerprint density at radius 2 is 1.89 bits per heavy atom. The summed E-state index contributed by atoms with van der Waals surface area (Å²) in [7, 11) is 0. The van der Waals surface area contributed by atoms with Crippen molar-refractivity contribution in [2.24, 2.45) is 0 Å². The predicted octanol–water partition coefficient (Wildman–Crippen LogP) is 2.10. The van der Waals surface area contributed by atoms with Crippen LogP contribution in [0.2, 0.25) is 0 Å². The maximum absolute atomic E-state index is 4.25. The molecule has 0 aliphatic heterocycles. The molecule has 1 saturated carbocycles. The Kier molecular flexibility index (Phi) is 3.11. The van der Waals surface area contributed by atoms with Crippen molar-refractivity contribution >= 4 is 16.6 Å². The first-order chi connectivity index (χ1) is 8.84. The van der Waals surface area contributed by atoms with Crippen LogP contribution in [0.5, 0.6) is 0 Å². The SMILES string of the molecule is Cc1nnc(NCCNC2CC2)c2ccccc12. The van der Waals surface area contributed by atoms with E-state index in [2.05, 4.69) is 33.0 Å². The van der Waals surface area contributed by atoms with Gasteiger partial charge in [-0.15, -0.1) is 5.10 Å². The highest BCUT2D eigenvalue weighted by molar-refractivity contribution is 5.92. The number of hydrogen-bond acceptors (Lipinski definition) is 4. The summed E-state index contributed by atoms with van der Waals surface area (Å²) < 4.78 is 0. The number of anilines is 1. The van der Waals surface area contributed by atoms with Crippen LogP contribution in [0, 0.1) is 6.92 Å². The molecule has 18 heavy (non-hydrogen) atoms. The Morgan fingerprint density at radius 3 is 2.67 bits per heavy atom. The van der Waals surface area contributed by atoms with E-state index in [0.717, 1.165) is 36.0 Å². The topological polar surface area (TPSA) is 49.8 Å². The predicted molar refractivity (Wildman–Crippen MR) is 73.8 cm³/mol. The highest BCUT2D eigenvalue weighted by atomic mass is 15.2. The number of fused-ring (bicyclic) bond motifs is 1. The minimum absolute atomic E-state index is 0.757. The minimum Gasteiger partial charge on any atom is -0.367 e. The van der Waals surface area contributed by atoms with Gasteiger partial charge in [0.15, 0.2) is 5.82 Å². The maximum atomic E-state index is 4.25. The zero-order valence-corrected chi connectivity index (χ0v) is 10.6. The van der Waals surface area contributed by atoms with Crippen molar-refractivity contribution in [1.29, 1.82) is 0 Å². The van der Waals surface area contributed by atoms with E-state index in [0.29, 0.717) is 0 Å². The van der Waals surface area contributed by atoms with E-state index in [1.807, 2.05) is 19.1 Å². The van der Waals surface area contributed by atoms with Gasteiger partial charge in [0.25, 0.3) is 0 Å². The van der Waals surface area contributed by atoms with Gasteiger partial charge >= 0.3 is 0 Å². The summed E-state index contributed by atoms with van der Waals surface area (Å²) in [6.45, 7) is 3.86. The second kappa shape index (κ2) is 4.90. The molecule has 1 heterocycles. The molecule has 1 aromatic heterocycles. The summed E-state index contributed by atoms with van der Waals surface area (Å²) in [5, 5.41) is 17.6. The molecule has 0 saturated heterocycles. The molecule has 0 radical (unpaired) electrons. The summed E-state index contributed by atoms with van der Waals surface area (Å²) in [5.74, 6) is 0.883. The van der Waals surface area contributed by atoms with Crippen LogP contribution in [0.15, 0.2) is 24.3 Å². The van der Waals surface area contributed by atoms with Crippen molar-refractivity contribution in [3.05, 3.63) is 30.0 Å². The van der Waals surface area contributed by atoms with Gasteiger partial charge < -0.3 is 10.6 Å². The van der Waals surface area contributed by atoms with E-state index >= 15 is 0 Å². The molecule has 2 aromatic rings. The van der Waals surface area contributed by atoms with E-state index in [-0.39, 0.29) is 0 Å². The van der Waals surface area contributed by atoms with E-state index in [1.165, 1.54) is 18.2 Å². The first kappa shape index (κ1) is 11.4. The van der Waals surface area contributed by atoms with E-state index in [9.17, 15) is 0 Å². The van der Waals surface area contributed by atoms with Crippen molar-refractivity contribution in [1.82, 2.24) is 15.5 Å². The van der Waals surface area contributed by atoms with Crippen LogP contribution in [-0.2, 0) is 0 Å². The highest BCUT2D eigenvalue weighted by Gasteiger charge is 2.19. The van der Waals surface area contributed by atoms with Gasteiger partial charge in [0, 0.05) is 29.9 Å². The summed E-state index contributed by atoms with van der Waals surface area (Å²) in [6.07, 6.45) is 2.65. The second-order valence-electron chi connectivity index (χ2n) is 4.83. The van der Waals surface area contributed by atoms with Crippen LogP contribution in [0.3, 0.4) is 0 Å². The van der Waals surface area contributed by atoms with Crippen molar-refractivity contribution in [3.63, 3.8) is 0 Å². The third kappa shape index (κ3) is 2.43. The summed E-state index contributed by atoms with van der Waals surface area (Å²) in [6, 6.07) is 9.01. The van der Waals surface area contributed by atoms with Gasteiger partial charge in [0.2, 0.25) is 0 Å². The standard InChI is InChI=1S/C14H18N4/c1-10-12-4-2-3-5-13(12)14(18-17-10)16-9-8-15-11-6-7-11/h2-5,11,15H,6-9H2,1H3,(H,16,18). The van der Waals surface area contributed by atoms with Crippen molar-refractivity contribution in [2.45, 2.75) is 25.8 Å². The van der Waals surface area contributed by atoms with Gasteiger partial charge in [-0.3, -0.25) is 0 Å². The number of rotatable bonds is 5. The number of aromatic nitrogens is 2. The lowest BCUT2D eigenvalue weighted by atomic mass is 10.1. The van der Waals surface area contributed by atoms with Gasteiger partial charge in [0.1, 0.15) is 0 Å². The van der Waals surface area contributed by atoms with Crippen LogP contribution in [0.4, 0.5) is 5.82 Å². The largest absolute Gasteiger partial charge is 0.367 e. The third-order valence-electron chi connectivity index (χ3n) is 3.30. The molecule has 1 fully saturated rings. The third-order valence-corrected chi connectivity index (χ3v) is 3.30. The van der Waals surface area contributed by atoms with Crippen LogP contribution in [-0.4, -0.2) is 29.3 Å². The molecule has 1 aromatic carbocycles. The van der Waals surface area contributed by atoms with Gasteiger partial charge in [-0.05, 0) is 19.8 Å². The Labute approximate surface area is 107 Å². The summed E-state index contributed by atoms with van der Waals surface area (Å²) in [5.41, 5.74) is 0.979. The van der Waals surface area contributed by atoms with E-state index in [1.54, 1.807) is 0 Å². The fourth-order valence-corrected chi connectivity index (χ4v) is 2.11. The molecule has 0 unspecified atom stereocenters. The second-order valence-corrected chi connectivity index (χ2v) is 4.83. The molecule has 2 N–H and O–H groups in total. The van der Waals surface area contributed by atoms with Crippen LogP contribution in [0.1, 0.15) is 18.5 Å². The lowest BCUT2D eigenvalue weighted by Crippen LogP contribution is -2.24. The van der Waals surface area contributed by atoms with Crippen molar-refractivity contribution < 1.29 is 0 Å². The van der Waals surface area contributed by atoms with E-state index in [4.69, 9.17) is 0 Å². The molecule has 94 valence electrons. The molecule has 4 nitrogen and oxygen atoms in total. The Hall–Kier alpha value is -1.68. The number of benzene rings is 1. The lowest BCUT2D eigenvalue weighted by molar-refractivity contribution is 0.700. The average Bonchev–Trinajstić information content (AvgIpc) is 3.21.